The highest BCUT2D eigenvalue weighted by Gasteiger charge is 2.26. The van der Waals surface area contributed by atoms with Crippen LogP contribution in [0.3, 0.4) is 0 Å². The molecule has 0 radical (unpaired) electrons. The third-order valence-corrected chi connectivity index (χ3v) is 5.05. The van der Waals surface area contributed by atoms with Crippen LogP contribution in [0.4, 0.5) is 11.4 Å². The van der Waals surface area contributed by atoms with E-state index >= 15 is 0 Å². The third kappa shape index (κ3) is 3.17. The summed E-state index contributed by atoms with van der Waals surface area (Å²) in [6.45, 7) is 1.85. The van der Waals surface area contributed by atoms with Crippen LogP contribution in [0, 0.1) is 6.92 Å². The second-order valence-corrected chi connectivity index (χ2v) is 6.78. The molecule has 142 valence electrons. The maximum Gasteiger partial charge on any atom is 0.358 e. The second-order valence-electron chi connectivity index (χ2n) is 6.78. The number of carbonyl (C=O) groups is 2. The number of hydrogen-bond acceptors (Lipinski definition) is 4. The number of imidazole rings is 1. The molecule has 6 nitrogen and oxygen atoms in total. The Bertz CT molecular complexity index is 1010. The Balaban J connectivity index is 1.73. The highest BCUT2D eigenvalue weighted by molar-refractivity contribution is 6.02. The van der Waals surface area contributed by atoms with Gasteiger partial charge in [0.25, 0.3) is 5.91 Å². The zero-order chi connectivity index (χ0) is 19.7. The van der Waals surface area contributed by atoms with Gasteiger partial charge >= 0.3 is 5.97 Å². The number of esters is 1. The molecule has 28 heavy (non-hydrogen) atoms. The predicted molar refractivity (Wildman–Crippen MR) is 106 cm³/mol. The summed E-state index contributed by atoms with van der Waals surface area (Å²) in [6, 6.07) is 16.0. The summed E-state index contributed by atoms with van der Waals surface area (Å²) in [5.74, 6) is -0.0105. The van der Waals surface area contributed by atoms with Crippen LogP contribution in [-0.4, -0.2) is 28.5 Å². The number of rotatable bonds is 3. The standard InChI is InChI=1S/C22H21N3O3/c1-15-23-18(22(27)28-2)13-24(15)14-21(26)25-19-9-5-3-7-16(19)11-12-17-8-4-6-10-20(17)25/h3-10,13H,11-12,14H2,1-2H3. The minimum atomic E-state index is -0.514. The molecule has 0 saturated carbocycles. The van der Waals surface area contributed by atoms with Crippen molar-refractivity contribution in [3.8, 4) is 0 Å². The molecule has 4 rings (SSSR count). The number of methoxy groups -OCH3 is 1. The van der Waals surface area contributed by atoms with E-state index in [4.69, 9.17) is 4.74 Å². The molecule has 1 aromatic heterocycles. The molecule has 1 amide bonds. The van der Waals surface area contributed by atoms with Gasteiger partial charge in [0.15, 0.2) is 5.69 Å². The van der Waals surface area contributed by atoms with E-state index in [1.165, 1.54) is 7.11 Å². The first-order valence-corrected chi connectivity index (χ1v) is 9.19. The second kappa shape index (κ2) is 7.31. The number of anilines is 2. The first-order chi connectivity index (χ1) is 13.6. The van der Waals surface area contributed by atoms with E-state index in [2.05, 4.69) is 17.1 Å². The Morgan fingerprint density at radius 3 is 2.14 bits per heavy atom. The lowest BCUT2D eigenvalue weighted by molar-refractivity contribution is -0.118. The molecule has 0 N–H and O–H groups in total. The van der Waals surface area contributed by atoms with Crippen LogP contribution in [-0.2, 0) is 28.9 Å². The van der Waals surface area contributed by atoms with Gasteiger partial charge in [-0.15, -0.1) is 0 Å². The van der Waals surface area contributed by atoms with Crippen LogP contribution in [0.15, 0.2) is 54.7 Å². The van der Waals surface area contributed by atoms with E-state index in [1.54, 1.807) is 22.6 Å². The van der Waals surface area contributed by atoms with Crippen LogP contribution < -0.4 is 4.90 Å². The normalized spacial score (nSPS) is 12.7. The molecule has 1 aliphatic rings. The van der Waals surface area contributed by atoms with Crippen molar-refractivity contribution in [2.24, 2.45) is 0 Å². The lowest BCUT2D eigenvalue weighted by Crippen LogP contribution is -2.30. The van der Waals surface area contributed by atoms with E-state index in [0.717, 1.165) is 35.3 Å². The molecular formula is C22H21N3O3. The topological polar surface area (TPSA) is 64.4 Å². The Labute approximate surface area is 163 Å². The molecule has 0 aliphatic carbocycles. The molecule has 1 aliphatic heterocycles. The Morgan fingerprint density at radius 2 is 1.57 bits per heavy atom. The number of aryl methyl sites for hydroxylation is 3. The zero-order valence-electron chi connectivity index (χ0n) is 15.9. The van der Waals surface area contributed by atoms with Crippen molar-refractivity contribution in [1.82, 2.24) is 9.55 Å². The van der Waals surface area contributed by atoms with Crippen LogP contribution in [0.5, 0.6) is 0 Å². The lowest BCUT2D eigenvalue weighted by atomic mass is 10.0. The number of ether oxygens (including phenoxy) is 1. The zero-order valence-corrected chi connectivity index (χ0v) is 15.9. The molecule has 6 heteroatoms. The lowest BCUT2D eigenvalue weighted by Gasteiger charge is -2.25. The number of hydrogen-bond donors (Lipinski definition) is 0. The minimum Gasteiger partial charge on any atom is -0.464 e. The quantitative estimate of drug-likeness (QED) is 0.658. The fraction of sp³-hybridized carbons (Fsp3) is 0.227. The Morgan fingerprint density at radius 1 is 1.00 bits per heavy atom. The molecular weight excluding hydrogens is 354 g/mol. The first-order valence-electron chi connectivity index (χ1n) is 9.19. The van der Waals surface area contributed by atoms with E-state index in [0.29, 0.717) is 5.82 Å². The first kappa shape index (κ1) is 18.0. The van der Waals surface area contributed by atoms with Crippen molar-refractivity contribution in [2.75, 3.05) is 12.0 Å². The molecule has 2 heterocycles. The average molecular weight is 375 g/mol. The highest BCUT2D eigenvalue weighted by Crippen LogP contribution is 2.36. The van der Waals surface area contributed by atoms with Gasteiger partial charge in [0.05, 0.1) is 18.5 Å². The number of carbonyl (C=O) groups excluding carboxylic acids is 2. The third-order valence-electron chi connectivity index (χ3n) is 5.05. The number of fused-ring (bicyclic) bond motifs is 2. The number of nitrogens with zero attached hydrogens (tertiary/aromatic N) is 3. The fourth-order valence-electron chi connectivity index (χ4n) is 3.64. The fourth-order valence-corrected chi connectivity index (χ4v) is 3.64. The van der Waals surface area contributed by atoms with Gasteiger partial charge in [-0.1, -0.05) is 36.4 Å². The number of benzene rings is 2. The summed E-state index contributed by atoms with van der Waals surface area (Å²) in [4.78, 5) is 31.1. The number of amides is 1. The molecule has 2 aromatic carbocycles. The van der Waals surface area contributed by atoms with Gasteiger partial charge in [0.2, 0.25) is 0 Å². The molecule has 0 unspecified atom stereocenters. The number of para-hydroxylation sites is 2. The van der Waals surface area contributed by atoms with Gasteiger partial charge in [-0.3, -0.25) is 9.69 Å². The van der Waals surface area contributed by atoms with Crippen LogP contribution in [0.25, 0.3) is 0 Å². The van der Waals surface area contributed by atoms with Crippen molar-refractivity contribution in [3.63, 3.8) is 0 Å². The summed E-state index contributed by atoms with van der Waals surface area (Å²) in [7, 11) is 1.31. The van der Waals surface area contributed by atoms with Gasteiger partial charge in [0.1, 0.15) is 12.4 Å². The summed E-state index contributed by atoms with van der Waals surface area (Å²) < 4.78 is 6.41. The van der Waals surface area contributed by atoms with E-state index < -0.39 is 5.97 Å². The van der Waals surface area contributed by atoms with Gasteiger partial charge in [-0.05, 0) is 43.0 Å². The maximum atomic E-state index is 13.4. The minimum absolute atomic E-state index is 0.0818. The predicted octanol–water partition coefficient (Wildman–Crippen LogP) is 3.44. The summed E-state index contributed by atoms with van der Waals surface area (Å²) in [6.07, 6.45) is 3.33. The number of aromatic nitrogens is 2. The van der Waals surface area contributed by atoms with Crippen molar-refractivity contribution in [2.45, 2.75) is 26.3 Å². The van der Waals surface area contributed by atoms with Gasteiger partial charge in [-0.25, -0.2) is 9.78 Å². The summed E-state index contributed by atoms with van der Waals surface area (Å²) in [5, 5.41) is 0. The van der Waals surface area contributed by atoms with Crippen LogP contribution >= 0.6 is 0 Å². The highest BCUT2D eigenvalue weighted by atomic mass is 16.5. The maximum absolute atomic E-state index is 13.4. The summed E-state index contributed by atoms with van der Waals surface area (Å²) in [5.41, 5.74) is 4.30. The van der Waals surface area contributed by atoms with E-state index in [-0.39, 0.29) is 18.1 Å². The largest absolute Gasteiger partial charge is 0.464 e. The monoisotopic (exact) mass is 375 g/mol. The van der Waals surface area contributed by atoms with Crippen molar-refractivity contribution >= 4 is 23.3 Å². The Kier molecular flexibility index (Phi) is 4.69. The molecule has 0 fully saturated rings. The van der Waals surface area contributed by atoms with Crippen molar-refractivity contribution in [3.05, 3.63) is 77.4 Å². The molecule has 0 atom stereocenters. The summed E-state index contributed by atoms with van der Waals surface area (Å²) >= 11 is 0. The van der Waals surface area contributed by atoms with Gasteiger partial charge < -0.3 is 9.30 Å². The van der Waals surface area contributed by atoms with Crippen molar-refractivity contribution in [1.29, 1.82) is 0 Å². The van der Waals surface area contributed by atoms with E-state index in [9.17, 15) is 9.59 Å². The Hall–Kier alpha value is -3.41. The molecule has 3 aromatic rings. The molecule has 0 spiro atoms. The SMILES string of the molecule is COC(=O)c1cn(CC(=O)N2c3ccccc3CCc3ccccc32)c(C)n1. The van der Waals surface area contributed by atoms with Gasteiger partial charge in [-0.2, -0.15) is 0 Å². The van der Waals surface area contributed by atoms with Crippen LogP contribution in [0.2, 0.25) is 0 Å². The van der Waals surface area contributed by atoms with Crippen LogP contribution in [0.1, 0.15) is 27.4 Å². The molecule has 0 bridgehead atoms. The van der Waals surface area contributed by atoms with Gasteiger partial charge in [0, 0.05) is 6.20 Å². The van der Waals surface area contributed by atoms with E-state index in [1.807, 2.05) is 36.4 Å². The molecule has 0 saturated heterocycles. The van der Waals surface area contributed by atoms with Crippen molar-refractivity contribution < 1.29 is 14.3 Å². The average Bonchev–Trinajstić information content (AvgIpc) is 2.98. The smallest absolute Gasteiger partial charge is 0.358 e.